The van der Waals surface area contributed by atoms with Gasteiger partial charge in [0.1, 0.15) is 5.92 Å². The van der Waals surface area contributed by atoms with Gasteiger partial charge in [-0.15, -0.1) is 0 Å². The fourth-order valence-electron chi connectivity index (χ4n) is 2.94. The quantitative estimate of drug-likeness (QED) is 0.672. The molecule has 0 saturated carbocycles. The van der Waals surface area contributed by atoms with Crippen LogP contribution >= 0.6 is 0 Å². The van der Waals surface area contributed by atoms with Crippen LogP contribution in [0.5, 0.6) is 0 Å². The van der Waals surface area contributed by atoms with Crippen LogP contribution in [0.4, 0.5) is 5.69 Å². The summed E-state index contributed by atoms with van der Waals surface area (Å²) in [7, 11) is 0. The molecule has 0 aliphatic carbocycles. The van der Waals surface area contributed by atoms with Gasteiger partial charge in [0.2, 0.25) is 5.91 Å². The number of anilines is 1. The van der Waals surface area contributed by atoms with Gasteiger partial charge in [-0.05, 0) is 42.7 Å². The molecular weight excluding hydrogens is 300 g/mol. The second-order valence-electron chi connectivity index (χ2n) is 5.91. The summed E-state index contributed by atoms with van der Waals surface area (Å²) >= 11 is 0. The number of carbonyl (C=O) groups excluding carboxylic acids is 2. The fraction of sp³-hybridized carbons (Fsp3) is 0.250. The molecule has 4 heteroatoms. The summed E-state index contributed by atoms with van der Waals surface area (Å²) in [4.78, 5) is 29.0. The third-order valence-electron chi connectivity index (χ3n) is 4.14. The summed E-state index contributed by atoms with van der Waals surface area (Å²) in [5.41, 5.74) is 3.89. The number of aliphatic imine (C=N–C) groups is 1. The Morgan fingerprint density at radius 1 is 1.12 bits per heavy atom. The van der Waals surface area contributed by atoms with Gasteiger partial charge >= 0.3 is 0 Å². The number of fused-ring (bicyclic) bond motifs is 1. The molecule has 1 heterocycles. The van der Waals surface area contributed by atoms with Crippen LogP contribution in [-0.4, -0.2) is 23.9 Å². The van der Waals surface area contributed by atoms with Crippen molar-refractivity contribution in [2.45, 2.75) is 26.2 Å². The largest absolute Gasteiger partial charge is 0.325 e. The van der Waals surface area contributed by atoms with Crippen LogP contribution < -0.4 is 5.32 Å². The van der Waals surface area contributed by atoms with Gasteiger partial charge in [-0.1, -0.05) is 37.3 Å². The number of carbonyl (C=O) groups is 2. The minimum Gasteiger partial charge on any atom is -0.325 e. The zero-order valence-electron chi connectivity index (χ0n) is 13.9. The van der Waals surface area contributed by atoms with Gasteiger partial charge in [0.15, 0.2) is 5.78 Å². The third-order valence-corrected chi connectivity index (χ3v) is 4.14. The molecule has 2 aromatic carbocycles. The maximum Gasteiger partial charge on any atom is 0.238 e. The van der Waals surface area contributed by atoms with Crippen LogP contribution in [0.3, 0.4) is 0 Å². The summed E-state index contributed by atoms with van der Waals surface area (Å²) in [5.74, 6) is -0.583. The molecule has 1 aliphatic rings. The second kappa shape index (κ2) is 6.79. The lowest BCUT2D eigenvalue weighted by molar-refractivity contribution is -0.115. The molecule has 4 nitrogen and oxygen atoms in total. The smallest absolute Gasteiger partial charge is 0.238 e. The minimum absolute atomic E-state index is 0.0114. The van der Waals surface area contributed by atoms with E-state index < -0.39 is 5.92 Å². The number of rotatable bonds is 5. The zero-order valence-corrected chi connectivity index (χ0v) is 13.9. The van der Waals surface area contributed by atoms with Gasteiger partial charge in [-0.25, -0.2) is 0 Å². The Balaban J connectivity index is 2.11. The van der Waals surface area contributed by atoms with E-state index in [-0.39, 0.29) is 11.7 Å². The zero-order chi connectivity index (χ0) is 17.1. The van der Waals surface area contributed by atoms with E-state index in [1.165, 1.54) is 6.92 Å². The number of nitrogens with one attached hydrogen (secondary N) is 1. The molecular formula is C20H20N2O2. The molecule has 1 aliphatic heterocycles. The molecule has 1 atom stereocenters. The molecule has 0 fully saturated rings. The molecule has 24 heavy (non-hydrogen) atoms. The predicted octanol–water partition coefficient (Wildman–Crippen LogP) is 3.82. The van der Waals surface area contributed by atoms with Gasteiger partial charge in [0.25, 0.3) is 0 Å². The van der Waals surface area contributed by atoms with E-state index in [0.717, 1.165) is 28.9 Å². The van der Waals surface area contributed by atoms with Crippen molar-refractivity contribution in [3.63, 3.8) is 0 Å². The van der Waals surface area contributed by atoms with Crippen LogP contribution in [0.15, 0.2) is 53.5 Å². The monoisotopic (exact) mass is 320 g/mol. The van der Waals surface area contributed by atoms with Crippen molar-refractivity contribution in [3.8, 4) is 0 Å². The third kappa shape index (κ3) is 3.00. The Labute approximate surface area is 141 Å². The first kappa shape index (κ1) is 16.1. The molecule has 122 valence electrons. The maximum absolute atomic E-state index is 12.6. The highest BCUT2D eigenvalue weighted by Gasteiger charge is 2.35. The highest BCUT2D eigenvalue weighted by molar-refractivity contribution is 6.23. The van der Waals surface area contributed by atoms with Crippen LogP contribution in [-0.2, 0) is 4.79 Å². The molecule has 0 bridgehead atoms. The molecule has 1 N–H and O–H groups in total. The van der Waals surface area contributed by atoms with Crippen LogP contribution in [0, 0.1) is 0 Å². The lowest BCUT2D eigenvalue weighted by atomic mass is 9.89. The average Bonchev–Trinajstić information content (AvgIpc) is 2.91. The number of nitrogens with zero attached hydrogens (tertiary/aromatic N) is 1. The first-order valence-corrected chi connectivity index (χ1v) is 8.17. The van der Waals surface area contributed by atoms with Gasteiger partial charge in [-0.3, -0.25) is 14.6 Å². The standard InChI is InChI=1S/C20H20N2O2/c1-3-11-21-19(14-7-5-4-6-8-14)18-16-12-15(13(2)23)9-10-17(16)22-20(18)24/h4-10,12,18H,3,11H2,1-2H3,(H,22,24). The molecule has 3 rings (SSSR count). The van der Waals surface area contributed by atoms with E-state index in [2.05, 4.69) is 17.2 Å². The maximum atomic E-state index is 12.6. The molecule has 0 aromatic heterocycles. The van der Waals surface area contributed by atoms with Crippen molar-refractivity contribution in [1.29, 1.82) is 0 Å². The number of hydrogen-bond donors (Lipinski definition) is 1. The SMILES string of the molecule is CCCN=C(c1ccccc1)C1C(=O)Nc2ccc(C(C)=O)cc21. The summed E-state index contributed by atoms with van der Waals surface area (Å²) < 4.78 is 0. The Morgan fingerprint density at radius 2 is 1.88 bits per heavy atom. The fourth-order valence-corrected chi connectivity index (χ4v) is 2.94. The van der Waals surface area contributed by atoms with Crippen LogP contribution in [0.25, 0.3) is 0 Å². The lowest BCUT2D eigenvalue weighted by Crippen LogP contribution is -2.22. The second-order valence-corrected chi connectivity index (χ2v) is 5.91. The summed E-state index contributed by atoms with van der Waals surface area (Å²) in [6.45, 7) is 4.25. The average molecular weight is 320 g/mol. The number of ketones is 1. The van der Waals surface area contributed by atoms with Crippen molar-refractivity contribution >= 4 is 23.1 Å². The Hall–Kier alpha value is -2.75. The van der Waals surface area contributed by atoms with Crippen molar-refractivity contribution < 1.29 is 9.59 Å². The minimum atomic E-state index is -0.478. The van der Waals surface area contributed by atoms with E-state index >= 15 is 0 Å². The highest BCUT2D eigenvalue weighted by Crippen LogP contribution is 2.36. The van der Waals surface area contributed by atoms with Gasteiger partial charge < -0.3 is 5.32 Å². The first-order chi connectivity index (χ1) is 11.6. The van der Waals surface area contributed by atoms with E-state index in [0.29, 0.717) is 12.1 Å². The van der Waals surface area contributed by atoms with Gasteiger partial charge in [-0.2, -0.15) is 0 Å². The molecule has 1 unspecified atom stereocenters. The topological polar surface area (TPSA) is 58.5 Å². The highest BCUT2D eigenvalue weighted by atomic mass is 16.2. The number of hydrogen-bond acceptors (Lipinski definition) is 3. The van der Waals surface area contributed by atoms with E-state index in [1.807, 2.05) is 36.4 Å². The number of benzene rings is 2. The normalized spacial score (nSPS) is 16.7. The molecule has 0 radical (unpaired) electrons. The first-order valence-electron chi connectivity index (χ1n) is 8.17. The molecule has 0 spiro atoms. The summed E-state index contributed by atoms with van der Waals surface area (Å²) in [6.07, 6.45) is 0.908. The van der Waals surface area contributed by atoms with Crippen LogP contribution in [0.1, 0.15) is 47.7 Å². The van der Waals surface area contributed by atoms with E-state index in [4.69, 9.17) is 0 Å². The summed E-state index contributed by atoms with van der Waals surface area (Å²) in [5, 5.41) is 2.91. The predicted molar refractivity (Wildman–Crippen MR) is 96.0 cm³/mol. The van der Waals surface area contributed by atoms with Crippen molar-refractivity contribution in [1.82, 2.24) is 0 Å². The van der Waals surface area contributed by atoms with Crippen molar-refractivity contribution in [3.05, 3.63) is 65.2 Å². The van der Waals surface area contributed by atoms with Gasteiger partial charge in [0.05, 0.1) is 5.71 Å². The number of Topliss-reactive ketones (excluding diaryl/α,β-unsaturated/α-hetero) is 1. The number of amides is 1. The van der Waals surface area contributed by atoms with Crippen molar-refractivity contribution in [2.24, 2.45) is 4.99 Å². The molecule has 0 saturated heterocycles. The van der Waals surface area contributed by atoms with Crippen molar-refractivity contribution in [2.75, 3.05) is 11.9 Å². The Bertz CT molecular complexity index is 810. The Morgan fingerprint density at radius 3 is 2.54 bits per heavy atom. The molecule has 2 aromatic rings. The van der Waals surface area contributed by atoms with Gasteiger partial charge in [0, 0.05) is 17.8 Å². The van der Waals surface area contributed by atoms with E-state index in [1.54, 1.807) is 12.1 Å². The van der Waals surface area contributed by atoms with Crippen LogP contribution in [0.2, 0.25) is 0 Å². The van der Waals surface area contributed by atoms with E-state index in [9.17, 15) is 9.59 Å². The molecule has 1 amide bonds. The summed E-state index contributed by atoms with van der Waals surface area (Å²) in [6, 6.07) is 15.1. The lowest BCUT2D eigenvalue weighted by Gasteiger charge is -2.14. The Kier molecular flexibility index (Phi) is 4.56.